The van der Waals surface area contributed by atoms with Gasteiger partial charge in [-0.1, -0.05) is 13.8 Å². The van der Waals surface area contributed by atoms with Crippen molar-refractivity contribution >= 4 is 0 Å². The lowest BCUT2D eigenvalue weighted by Crippen LogP contribution is -2.07. The number of aromatic nitrogens is 1. The van der Waals surface area contributed by atoms with E-state index in [0.717, 1.165) is 6.20 Å². The zero-order chi connectivity index (χ0) is 8.85. The molecule has 0 unspecified atom stereocenters. The molecule has 1 aromatic heterocycles. The van der Waals surface area contributed by atoms with Gasteiger partial charge in [0.25, 0.3) is 5.56 Å². The maximum Gasteiger partial charge on any atom is 0.251 e. The lowest BCUT2D eigenvalue weighted by Gasteiger charge is -1.87. The number of H-pyrrole nitrogens is 1. The van der Waals surface area contributed by atoms with E-state index in [9.17, 15) is 9.18 Å². The van der Waals surface area contributed by atoms with Crippen molar-refractivity contribution in [3.63, 3.8) is 0 Å². The fourth-order valence-electron chi connectivity index (χ4n) is 0.562. The molecule has 0 aliphatic carbocycles. The minimum Gasteiger partial charge on any atom is -0.326 e. The maximum atomic E-state index is 12.2. The van der Waals surface area contributed by atoms with Gasteiger partial charge in [-0.15, -0.1) is 0 Å². The van der Waals surface area contributed by atoms with E-state index in [0.29, 0.717) is 5.56 Å². The summed E-state index contributed by atoms with van der Waals surface area (Å²) < 4.78 is 12.2. The third kappa shape index (κ3) is 2.98. The Labute approximate surface area is 65.1 Å². The summed E-state index contributed by atoms with van der Waals surface area (Å²) in [6.45, 7) is 5.56. The zero-order valence-electron chi connectivity index (χ0n) is 6.94. The summed E-state index contributed by atoms with van der Waals surface area (Å²) >= 11 is 0. The molecular weight excluding hydrogens is 145 g/mol. The molecule has 1 aromatic rings. The van der Waals surface area contributed by atoms with E-state index < -0.39 is 5.82 Å². The fraction of sp³-hybridized carbons (Fsp3) is 0.375. The van der Waals surface area contributed by atoms with Crippen molar-refractivity contribution in [1.82, 2.24) is 4.98 Å². The molecule has 0 saturated heterocycles. The molecule has 0 radical (unpaired) electrons. The van der Waals surface area contributed by atoms with Gasteiger partial charge in [-0.3, -0.25) is 4.79 Å². The van der Waals surface area contributed by atoms with Crippen LogP contribution >= 0.6 is 0 Å². The summed E-state index contributed by atoms with van der Waals surface area (Å²) in [7, 11) is 0. The highest BCUT2D eigenvalue weighted by Gasteiger charge is 1.92. The maximum absolute atomic E-state index is 12.2. The van der Waals surface area contributed by atoms with Crippen LogP contribution in [-0.2, 0) is 0 Å². The smallest absolute Gasteiger partial charge is 0.251 e. The summed E-state index contributed by atoms with van der Waals surface area (Å²) in [5, 5.41) is 0. The van der Waals surface area contributed by atoms with Gasteiger partial charge >= 0.3 is 0 Å². The summed E-state index contributed by atoms with van der Waals surface area (Å²) in [4.78, 5) is 12.8. The number of aromatic amines is 1. The number of hydrogen-bond acceptors (Lipinski definition) is 1. The van der Waals surface area contributed by atoms with E-state index in [-0.39, 0.29) is 5.56 Å². The first-order valence-corrected chi connectivity index (χ1v) is 3.55. The number of rotatable bonds is 0. The third-order valence-electron chi connectivity index (χ3n) is 1.05. The largest absolute Gasteiger partial charge is 0.326 e. The molecule has 0 saturated carbocycles. The predicted octanol–water partition coefficient (Wildman–Crippen LogP) is 1.85. The Balaban J connectivity index is 0.000000461. The molecule has 0 bridgehead atoms. The second kappa shape index (κ2) is 4.66. The van der Waals surface area contributed by atoms with Crippen LogP contribution in [0, 0.1) is 12.7 Å². The summed E-state index contributed by atoms with van der Waals surface area (Å²) in [5.74, 6) is -0.410. The fourth-order valence-corrected chi connectivity index (χ4v) is 0.562. The van der Waals surface area contributed by atoms with E-state index in [1.807, 2.05) is 13.8 Å². The molecule has 0 aliphatic rings. The highest BCUT2D eigenvalue weighted by Crippen LogP contribution is 1.91. The molecule has 0 spiro atoms. The summed E-state index contributed by atoms with van der Waals surface area (Å²) in [6, 6.07) is 1.19. The molecule has 0 atom stereocenters. The van der Waals surface area contributed by atoms with E-state index >= 15 is 0 Å². The molecule has 1 N–H and O–H groups in total. The van der Waals surface area contributed by atoms with Crippen LogP contribution < -0.4 is 5.56 Å². The standard InChI is InChI=1S/C6H6FNO.C2H6/c1-4-2-5(7)3-8-6(4)9;1-2/h2-3H,1H3,(H,8,9);1-2H3. The SMILES string of the molecule is CC.Cc1cc(F)c[nH]c1=O. The minimum absolute atomic E-state index is 0.239. The van der Waals surface area contributed by atoms with E-state index in [2.05, 4.69) is 4.98 Å². The molecule has 1 rings (SSSR count). The molecule has 0 aliphatic heterocycles. The van der Waals surface area contributed by atoms with Crippen molar-refractivity contribution < 1.29 is 4.39 Å². The Bertz CT molecular complexity index is 267. The van der Waals surface area contributed by atoms with Gasteiger partial charge in [0.1, 0.15) is 5.82 Å². The summed E-state index contributed by atoms with van der Waals surface area (Å²) in [5.41, 5.74) is 0.159. The summed E-state index contributed by atoms with van der Waals surface area (Å²) in [6.07, 6.45) is 1.04. The van der Waals surface area contributed by atoms with Gasteiger partial charge in [-0.25, -0.2) is 4.39 Å². The van der Waals surface area contributed by atoms with Crippen molar-refractivity contribution in [3.8, 4) is 0 Å². The van der Waals surface area contributed by atoms with E-state index in [1.54, 1.807) is 6.92 Å². The second-order valence-corrected chi connectivity index (χ2v) is 1.83. The molecule has 0 fully saturated rings. The lowest BCUT2D eigenvalue weighted by molar-refractivity contribution is 0.618. The van der Waals surface area contributed by atoms with Gasteiger partial charge < -0.3 is 4.98 Å². The van der Waals surface area contributed by atoms with Gasteiger partial charge in [0.2, 0.25) is 0 Å². The van der Waals surface area contributed by atoms with Gasteiger partial charge in [-0.2, -0.15) is 0 Å². The molecule has 0 amide bonds. The average molecular weight is 157 g/mol. The van der Waals surface area contributed by atoms with Crippen LogP contribution in [0.5, 0.6) is 0 Å². The van der Waals surface area contributed by atoms with Crippen molar-refractivity contribution in [2.24, 2.45) is 0 Å². The molecule has 62 valence electrons. The van der Waals surface area contributed by atoms with Gasteiger partial charge in [0.15, 0.2) is 0 Å². The molecule has 11 heavy (non-hydrogen) atoms. The van der Waals surface area contributed by atoms with E-state index in [4.69, 9.17) is 0 Å². The Morgan fingerprint density at radius 1 is 1.45 bits per heavy atom. The molecule has 0 aromatic carbocycles. The van der Waals surface area contributed by atoms with E-state index in [1.165, 1.54) is 6.07 Å². The number of hydrogen-bond donors (Lipinski definition) is 1. The molecular formula is C8H12FNO. The Morgan fingerprint density at radius 2 is 2.00 bits per heavy atom. The Morgan fingerprint density at radius 3 is 2.36 bits per heavy atom. The number of halogens is 1. The van der Waals surface area contributed by atoms with Gasteiger partial charge in [0, 0.05) is 11.8 Å². The predicted molar refractivity (Wildman–Crippen MR) is 43.1 cm³/mol. The minimum atomic E-state index is -0.410. The first kappa shape index (κ1) is 9.88. The van der Waals surface area contributed by atoms with Crippen molar-refractivity contribution in [3.05, 3.63) is 34.0 Å². The number of aryl methyl sites for hydroxylation is 1. The zero-order valence-corrected chi connectivity index (χ0v) is 6.94. The van der Waals surface area contributed by atoms with Crippen LogP contribution in [0.4, 0.5) is 4.39 Å². The topological polar surface area (TPSA) is 32.9 Å². The van der Waals surface area contributed by atoms with Crippen molar-refractivity contribution in [1.29, 1.82) is 0 Å². The highest BCUT2D eigenvalue weighted by atomic mass is 19.1. The van der Waals surface area contributed by atoms with Gasteiger partial charge in [0.05, 0.1) is 0 Å². The first-order valence-electron chi connectivity index (χ1n) is 3.55. The number of nitrogens with one attached hydrogen (secondary N) is 1. The monoisotopic (exact) mass is 157 g/mol. The molecule has 3 heteroatoms. The molecule has 1 heterocycles. The van der Waals surface area contributed by atoms with Crippen molar-refractivity contribution in [2.45, 2.75) is 20.8 Å². The van der Waals surface area contributed by atoms with Crippen LogP contribution in [0.25, 0.3) is 0 Å². The highest BCUT2D eigenvalue weighted by molar-refractivity contribution is 5.07. The van der Waals surface area contributed by atoms with Gasteiger partial charge in [-0.05, 0) is 13.0 Å². The lowest BCUT2D eigenvalue weighted by atomic mass is 10.3. The van der Waals surface area contributed by atoms with Crippen LogP contribution in [-0.4, -0.2) is 4.98 Å². The Hall–Kier alpha value is -1.12. The first-order chi connectivity index (χ1) is 5.20. The van der Waals surface area contributed by atoms with Crippen LogP contribution in [0.1, 0.15) is 19.4 Å². The van der Waals surface area contributed by atoms with Crippen LogP contribution in [0.15, 0.2) is 17.1 Å². The second-order valence-electron chi connectivity index (χ2n) is 1.83. The van der Waals surface area contributed by atoms with Crippen LogP contribution in [0.2, 0.25) is 0 Å². The average Bonchev–Trinajstić information content (AvgIpc) is 2.02. The van der Waals surface area contributed by atoms with Crippen molar-refractivity contribution in [2.75, 3.05) is 0 Å². The normalized spacial score (nSPS) is 8.36. The van der Waals surface area contributed by atoms with Crippen LogP contribution in [0.3, 0.4) is 0 Å². The Kier molecular flexibility index (Phi) is 4.18. The quantitative estimate of drug-likeness (QED) is 0.612. The number of pyridine rings is 1. The molecule has 2 nitrogen and oxygen atoms in total. The third-order valence-corrected chi connectivity index (χ3v) is 1.05.